The van der Waals surface area contributed by atoms with Gasteiger partial charge in [0, 0.05) is 5.02 Å². The van der Waals surface area contributed by atoms with Crippen LogP contribution in [0.25, 0.3) is 0 Å². The Morgan fingerprint density at radius 3 is 2.65 bits per heavy atom. The third-order valence-corrected chi connectivity index (χ3v) is 3.83. The van der Waals surface area contributed by atoms with E-state index in [1.807, 2.05) is 32.9 Å². The van der Waals surface area contributed by atoms with Gasteiger partial charge in [0.15, 0.2) is 6.61 Å². The molecule has 2 rings (SSSR count). The first-order valence-corrected chi connectivity index (χ1v) is 7.73. The Morgan fingerprint density at radius 1 is 1.30 bits per heavy atom. The van der Waals surface area contributed by atoms with E-state index in [9.17, 15) is 9.18 Å². The third-order valence-electron chi connectivity index (χ3n) is 3.42. The predicted molar refractivity (Wildman–Crippen MR) is 90.8 cm³/mol. The highest BCUT2D eigenvalue weighted by atomic mass is 35.5. The number of ether oxygens (including phenoxy) is 1. The van der Waals surface area contributed by atoms with E-state index in [0.717, 1.165) is 11.1 Å². The summed E-state index contributed by atoms with van der Waals surface area (Å²) in [7, 11) is 0. The third kappa shape index (κ3) is 4.45. The molecule has 2 aromatic carbocycles. The van der Waals surface area contributed by atoms with Gasteiger partial charge < -0.3 is 10.1 Å². The molecule has 2 aromatic rings. The lowest BCUT2D eigenvalue weighted by atomic mass is 10.0. The first kappa shape index (κ1) is 17.3. The van der Waals surface area contributed by atoms with Gasteiger partial charge in [-0.05, 0) is 48.2 Å². The molecular formula is C18H19ClFNO2. The molecule has 0 aliphatic heterocycles. The van der Waals surface area contributed by atoms with E-state index in [0.29, 0.717) is 10.8 Å². The number of amides is 1. The Kier molecular flexibility index (Phi) is 5.61. The normalized spacial score (nSPS) is 10.7. The maximum absolute atomic E-state index is 13.5. The molecule has 0 unspecified atom stereocenters. The number of nitrogens with one attached hydrogen (secondary N) is 1. The summed E-state index contributed by atoms with van der Waals surface area (Å²) in [5.74, 6) is -0.0771. The molecule has 0 bridgehead atoms. The molecule has 0 aliphatic carbocycles. The molecule has 0 saturated heterocycles. The second kappa shape index (κ2) is 7.47. The lowest BCUT2D eigenvalue weighted by molar-refractivity contribution is -0.118. The second-order valence-electron chi connectivity index (χ2n) is 5.61. The fourth-order valence-corrected chi connectivity index (χ4v) is 2.31. The first-order valence-electron chi connectivity index (χ1n) is 7.35. The first-order chi connectivity index (χ1) is 10.9. The summed E-state index contributed by atoms with van der Waals surface area (Å²) in [6.45, 7) is 5.72. The minimum absolute atomic E-state index is 0.137. The van der Waals surface area contributed by atoms with Crippen LogP contribution in [0, 0.1) is 12.7 Å². The lowest BCUT2D eigenvalue weighted by Crippen LogP contribution is -2.21. The molecule has 0 saturated carbocycles. The molecule has 0 fully saturated rings. The van der Waals surface area contributed by atoms with E-state index in [1.165, 1.54) is 12.1 Å². The summed E-state index contributed by atoms with van der Waals surface area (Å²) < 4.78 is 19.1. The molecular weight excluding hydrogens is 317 g/mol. The Morgan fingerprint density at radius 2 is 2.00 bits per heavy atom. The van der Waals surface area contributed by atoms with E-state index >= 15 is 0 Å². The topological polar surface area (TPSA) is 38.3 Å². The van der Waals surface area contributed by atoms with Gasteiger partial charge in [-0.15, -0.1) is 0 Å². The molecule has 0 radical (unpaired) electrons. The summed E-state index contributed by atoms with van der Waals surface area (Å²) >= 11 is 6.14. The summed E-state index contributed by atoms with van der Waals surface area (Å²) in [4.78, 5) is 11.9. The molecule has 1 amide bonds. The van der Waals surface area contributed by atoms with Crippen LogP contribution in [0.3, 0.4) is 0 Å². The maximum atomic E-state index is 13.5. The van der Waals surface area contributed by atoms with Gasteiger partial charge in [0.2, 0.25) is 0 Å². The van der Waals surface area contributed by atoms with Crippen molar-refractivity contribution < 1.29 is 13.9 Å². The number of anilines is 1. The van der Waals surface area contributed by atoms with Gasteiger partial charge in [0.05, 0.1) is 5.69 Å². The standard InChI is InChI=1S/C18H19ClFNO2/c1-11(2)13-9-14(19)12(3)8-17(13)23-10-18(22)21-16-7-5-4-6-15(16)20/h4-9,11H,10H2,1-3H3,(H,21,22). The van der Waals surface area contributed by atoms with Crippen molar-refractivity contribution in [1.82, 2.24) is 0 Å². The molecule has 0 heterocycles. The lowest BCUT2D eigenvalue weighted by Gasteiger charge is -2.16. The highest BCUT2D eigenvalue weighted by molar-refractivity contribution is 6.31. The number of rotatable bonds is 5. The van der Waals surface area contributed by atoms with Crippen molar-refractivity contribution in [2.75, 3.05) is 11.9 Å². The Hall–Kier alpha value is -2.07. The van der Waals surface area contributed by atoms with Crippen molar-refractivity contribution in [2.24, 2.45) is 0 Å². The number of halogens is 2. The molecule has 5 heteroatoms. The molecule has 0 spiro atoms. The maximum Gasteiger partial charge on any atom is 0.262 e. The van der Waals surface area contributed by atoms with Crippen LogP contribution in [0.4, 0.5) is 10.1 Å². The van der Waals surface area contributed by atoms with Crippen molar-refractivity contribution in [2.45, 2.75) is 26.7 Å². The molecule has 23 heavy (non-hydrogen) atoms. The summed E-state index contributed by atoms with van der Waals surface area (Å²) in [6.07, 6.45) is 0. The largest absolute Gasteiger partial charge is 0.483 e. The van der Waals surface area contributed by atoms with Crippen LogP contribution < -0.4 is 10.1 Å². The second-order valence-corrected chi connectivity index (χ2v) is 6.02. The monoisotopic (exact) mass is 335 g/mol. The minimum Gasteiger partial charge on any atom is -0.483 e. The fourth-order valence-electron chi connectivity index (χ4n) is 2.14. The zero-order valence-corrected chi connectivity index (χ0v) is 14.1. The average molecular weight is 336 g/mol. The molecule has 122 valence electrons. The van der Waals surface area contributed by atoms with Gasteiger partial charge in [-0.2, -0.15) is 0 Å². The molecule has 0 atom stereocenters. The number of hydrogen-bond donors (Lipinski definition) is 1. The van der Waals surface area contributed by atoms with Crippen LogP contribution in [0.2, 0.25) is 5.02 Å². The summed E-state index contributed by atoms with van der Waals surface area (Å²) in [5, 5.41) is 3.15. The number of para-hydroxylation sites is 1. The molecule has 0 aromatic heterocycles. The van der Waals surface area contributed by atoms with Crippen LogP contribution in [-0.2, 0) is 4.79 Å². The molecule has 3 nitrogen and oxygen atoms in total. The zero-order chi connectivity index (χ0) is 17.0. The van der Waals surface area contributed by atoms with Crippen LogP contribution in [0.5, 0.6) is 5.75 Å². The Bertz CT molecular complexity index is 716. The number of aryl methyl sites for hydroxylation is 1. The van der Waals surface area contributed by atoms with Gasteiger partial charge in [-0.1, -0.05) is 37.6 Å². The van der Waals surface area contributed by atoms with E-state index in [1.54, 1.807) is 12.1 Å². The summed E-state index contributed by atoms with van der Waals surface area (Å²) in [5.41, 5.74) is 1.94. The van der Waals surface area contributed by atoms with Gasteiger partial charge in [0.1, 0.15) is 11.6 Å². The highest BCUT2D eigenvalue weighted by Gasteiger charge is 2.13. The average Bonchev–Trinajstić information content (AvgIpc) is 2.50. The predicted octanol–water partition coefficient (Wildman–Crippen LogP) is 4.93. The molecule has 1 N–H and O–H groups in total. The van der Waals surface area contributed by atoms with Gasteiger partial charge >= 0.3 is 0 Å². The van der Waals surface area contributed by atoms with Crippen molar-refractivity contribution in [3.05, 3.63) is 58.4 Å². The highest BCUT2D eigenvalue weighted by Crippen LogP contribution is 2.32. The van der Waals surface area contributed by atoms with Crippen molar-refractivity contribution in [3.8, 4) is 5.75 Å². The van der Waals surface area contributed by atoms with E-state index in [2.05, 4.69) is 5.32 Å². The van der Waals surface area contributed by atoms with Crippen molar-refractivity contribution in [1.29, 1.82) is 0 Å². The fraction of sp³-hybridized carbons (Fsp3) is 0.278. The minimum atomic E-state index is -0.481. The Labute approximate surface area is 140 Å². The number of benzene rings is 2. The van der Waals surface area contributed by atoms with Gasteiger partial charge in [-0.25, -0.2) is 4.39 Å². The van der Waals surface area contributed by atoms with Gasteiger partial charge in [-0.3, -0.25) is 4.79 Å². The van der Waals surface area contributed by atoms with Crippen molar-refractivity contribution >= 4 is 23.2 Å². The van der Waals surface area contributed by atoms with Crippen molar-refractivity contribution in [3.63, 3.8) is 0 Å². The van der Waals surface area contributed by atoms with Crippen LogP contribution >= 0.6 is 11.6 Å². The van der Waals surface area contributed by atoms with E-state index in [-0.39, 0.29) is 18.2 Å². The van der Waals surface area contributed by atoms with E-state index in [4.69, 9.17) is 16.3 Å². The molecule has 0 aliphatic rings. The van der Waals surface area contributed by atoms with Gasteiger partial charge in [0.25, 0.3) is 5.91 Å². The van der Waals surface area contributed by atoms with E-state index < -0.39 is 11.7 Å². The zero-order valence-electron chi connectivity index (χ0n) is 13.3. The summed E-state index contributed by atoms with van der Waals surface area (Å²) in [6, 6.07) is 9.67. The van der Waals surface area contributed by atoms with Crippen LogP contribution in [0.15, 0.2) is 36.4 Å². The number of hydrogen-bond acceptors (Lipinski definition) is 2. The van der Waals surface area contributed by atoms with Crippen LogP contribution in [0.1, 0.15) is 30.9 Å². The quantitative estimate of drug-likeness (QED) is 0.841. The Balaban J connectivity index is 2.07. The smallest absolute Gasteiger partial charge is 0.262 e. The SMILES string of the molecule is Cc1cc(OCC(=O)Nc2ccccc2F)c(C(C)C)cc1Cl. The number of carbonyl (C=O) groups excluding carboxylic acids is 1. The number of carbonyl (C=O) groups is 1. The van der Waals surface area contributed by atoms with Crippen LogP contribution in [-0.4, -0.2) is 12.5 Å².